The second-order valence-corrected chi connectivity index (χ2v) is 2.59. The van der Waals surface area contributed by atoms with E-state index in [1.54, 1.807) is 0 Å². The lowest BCUT2D eigenvalue weighted by molar-refractivity contribution is 0.424. The normalized spacial score (nSPS) is 10.1. The largest absolute Gasteiger partial charge is 0.505 e. The first kappa shape index (κ1) is 8.46. The van der Waals surface area contributed by atoms with Crippen LogP contribution in [0.1, 0.15) is 5.56 Å². The van der Waals surface area contributed by atoms with Gasteiger partial charge in [0, 0.05) is 17.0 Å². The molecule has 1 aromatic carbocycles. The fraction of sp³-hybridized carbons (Fsp3) is 0.143. The minimum atomic E-state index is -0.775. The molecule has 4 heteroatoms. The number of alkyl halides is 1. The van der Waals surface area contributed by atoms with Gasteiger partial charge in [-0.1, -0.05) is 15.9 Å². The third-order valence-electron chi connectivity index (χ3n) is 1.24. The van der Waals surface area contributed by atoms with E-state index in [9.17, 15) is 8.78 Å². The van der Waals surface area contributed by atoms with Gasteiger partial charge in [0.1, 0.15) is 5.82 Å². The number of phenolic OH excluding ortho intramolecular Hbond substituents is 1. The van der Waals surface area contributed by atoms with Gasteiger partial charge in [-0.05, 0) is 6.07 Å². The third-order valence-corrected chi connectivity index (χ3v) is 1.84. The zero-order valence-corrected chi connectivity index (χ0v) is 7.03. The Balaban J connectivity index is 3.24. The van der Waals surface area contributed by atoms with Crippen molar-refractivity contribution >= 4 is 15.9 Å². The van der Waals surface area contributed by atoms with Crippen molar-refractivity contribution in [2.24, 2.45) is 0 Å². The van der Waals surface area contributed by atoms with Gasteiger partial charge in [0.05, 0.1) is 0 Å². The van der Waals surface area contributed by atoms with Gasteiger partial charge in [0.15, 0.2) is 11.6 Å². The molecule has 0 aromatic heterocycles. The smallest absolute Gasteiger partial charge is 0.169 e. The molecule has 0 fully saturated rings. The standard InChI is InChI=1S/C7H5BrF2O/c8-3-4-1-5(9)2-6(11)7(4)10/h1-2,11H,3H2. The van der Waals surface area contributed by atoms with Crippen LogP contribution in [-0.2, 0) is 5.33 Å². The second kappa shape index (κ2) is 3.17. The number of benzene rings is 1. The van der Waals surface area contributed by atoms with Gasteiger partial charge in [-0.3, -0.25) is 0 Å². The second-order valence-electron chi connectivity index (χ2n) is 2.03. The maximum absolute atomic E-state index is 12.7. The monoisotopic (exact) mass is 222 g/mol. The Morgan fingerprint density at radius 1 is 1.36 bits per heavy atom. The highest BCUT2D eigenvalue weighted by Gasteiger charge is 2.08. The Kier molecular flexibility index (Phi) is 2.44. The minimum absolute atomic E-state index is 0.113. The molecule has 1 rings (SSSR count). The van der Waals surface area contributed by atoms with Crippen molar-refractivity contribution in [1.82, 2.24) is 0 Å². The number of phenols is 1. The Morgan fingerprint density at radius 2 is 2.00 bits per heavy atom. The van der Waals surface area contributed by atoms with E-state index in [0.717, 1.165) is 12.1 Å². The Morgan fingerprint density at radius 3 is 2.55 bits per heavy atom. The minimum Gasteiger partial charge on any atom is -0.505 e. The van der Waals surface area contributed by atoms with Crippen LogP contribution < -0.4 is 0 Å². The molecule has 1 nitrogen and oxygen atoms in total. The zero-order chi connectivity index (χ0) is 8.43. The molecule has 0 saturated heterocycles. The average molecular weight is 223 g/mol. The number of aromatic hydroxyl groups is 1. The first-order chi connectivity index (χ1) is 5.15. The van der Waals surface area contributed by atoms with Gasteiger partial charge < -0.3 is 5.11 Å². The molecule has 60 valence electrons. The van der Waals surface area contributed by atoms with E-state index < -0.39 is 17.4 Å². The summed E-state index contributed by atoms with van der Waals surface area (Å²) in [4.78, 5) is 0. The molecule has 11 heavy (non-hydrogen) atoms. The summed E-state index contributed by atoms with van der Waals surface area (Å²) < 4.78 is 25.2. The number of rotatable bonds is 1. The highest BCUT2D eigenvalue weighted by molar-refractivity contribution is 9.08. The SMILES string of the molecule is Oc1cc(F)cc(CBr)c1F. The summed E-state index contributed by atoms with van der Waals surface area (Å²) >= 11 is 2.96. The molecule has 0 atom stereocenters. The summed E-state index contributed by atoms with van der Waals surface area (Å²) in [6.45, 7) is 0. The summed E-state index contributed by atoms with van der Waals surface area (Å²) in [6, 6.07) is 1.77. The van der Waals surface area contributed by atoms with E-state index >= 15 is 0 Å². The molecule has 0 aliphatic rings. The van der Waals surface area contributed by atoms with Crippen LogP contribution in [0.2, 0.25) is 0 Å². The van der Waals surface area contributed by atoms with Crippen LogP contribution in [0.15, 0.2) is 12.1 Å². The van der Waals surface area contributed by atoms with Gasteiger partial charge >= 0.3 is 0 Å². The van der Waals surface area contributed by atoms with Crippen molar-refractivity contribution < 1.29 is 13.9 Å². The van der Waals surface area contributed by atoms with E-state index in [-0.39, 0.29) is 10.9 Å². The van der Waals surface area contributed by atoms with Crippen LogP contribution in [0.3, 0.4) is 0 Å². The lowest BCUT2D eigenvalue weighted by atomic mass is 10.2. The average Bonchev–Trinajstić information content (AvgIpc) is 1.96. The van der Waals surface area contributed by atoms with Gasteiger partial charge in [0.2, 0.25) is 0 Å². The molecule has 0 aliphatic heterocycles. The topological polar surface area (TPSA) is 20.2 Å². The highest BCUT2D eigenvalue weighted by Crippen LogP contribution is 2.22. The van der Waals surface area contributed by atoms with E-state index in [1.165, 1.54) is 0 Å². The molecule has 0 saturated carbocycles. The number of halogens is 3. The molecular formula is C7H5BrF2O. The van der Waals surface area contributed by atoms with Gasteiger partial charge in [-0.25, -0.2) is 8.78 Å². The molecule has 0 bridgehead atoms. The maximum Gasteiger partial charge on any atom is 0.169 e. The van der Waals surface area contributed by atoms with Crippen molar-refractivity contribution in [3.63, 3.8) is 0 Å². The van der Waals surface area contributed by atoms with Crippen molar-refractivity contribution in [3.05, 3.63) is 29.3 Å². The molecule has 0 radical (unpaired) electrons. The summed E-state index contributed by atoms with van der Waals surface area (Å²) in [5.74, 6) is -2.07. The van der Waals surface area contributed by atoms with E-state index in [1.807, 2.05) is 0 Å². The number of hydrogen-bond donors (Lipinski definition) is 1. The predicted molar refractivity (Wildman–Crippen MR) is 40.7 cm³/mol. The molecule has 0 amide bonds. The lowest BCUT2D eigenvalue weighted by Crippen LogP contribution is -1.88. The summed E-state index contributed by atoms with van der Waals surface area (Å²) in [7, 11) is 0. The Labute approximate surface area is 70.8 Å². The summed E-state index contributed by atoms with van der Waals surface area (Å²) in [6.07, 6.45) is 0. The fourth-order valence-corrected chi connectivity index (χ4v) is 1.14. The highest BCUT2D eigenvalue weighted by atomic mass is 79.9. The zero-order valence-electron chi connectivity index (χ0n) is 5.44. The maximum atomic E-state index is 12.7. The third kappa shape index (κ3) is 1.68. The van der Waals surface area contributed by atoms with Crippen LogP contribution in [0.4, 0.5) is 8.78 Å². The van der Waals surface area contributed by atoms with E-state index in [4.69, 9.17) is 5.11 Å². The molecule has 0 spiro atoms. The molecule has 0 unspecified atom stereocenters. The van der Waals surface area contributed by atoms with Crippen molar-refractivity contribution in [3.8, 4) is 5.75 Å². The van der Waals surface area contributed by atoms with Gasteiger partial charge in [-0.2, -0.15) is 0 Å². The summed E-state index contributed by atoms with van der Waals surface area (Å²) in [5, 5.41) is 8.96. The van der Waals surface area contributed by atoms with Crippen LogP contribution in [0, 0.1) is 11.6 Å². The van der Waals surface area contributed by atoms with E-state index in [2.05, 4.69) is 15.9 Å². The first-order valence-electron chi connectivity index (χ1n) is 2.88. The number of hydrogen-bond acceptors (Lipinski definition) is 1. The van der Waals surface area contributed by atoms with Crippen LogP contribution in [0.5, 0.6) is 5.75 Å². The first-order valence-corrected chi connectivity index (χ1v) is 4.00. The Hall–Kier alpha value is -0.640. The quantitative estimate of drug-likeness (QED) is 0.725. The molecule has 0 heterocycles. The van der Waals surface area contributed by atoms with Crippen LogP contribution >= 0.6 is 15.9 Å². The van der Waals surface area contributed by atoms with Crippen LogP contribution in [-0.4, -0.2) is 5.11 Å². The summed E-state index contributed by atoms with van der Waals surface area (Å²) in [5.41, 5.74) is 0.113. The van der Waals surface area contributed by atoms with Crippen molar-refractivity contribution in [2.75, 3.05) is 0 Å². The molecular weight excluding hydrogens is 218 g/mol. The van der Waals surface area contributed by atoms with Gasteiger partial charge in [0.25, 0.3) is 0 Å². The molecule has 0 aliphatic carbocycles. The Bertz CT molecular complexity index is 275. The van der Waals surface area contributed by atoms with Crippen molar-refractivity contribution in [1.29, 1.82) is 0 Å². The molecule has 1 aromatic rings. The van der Waals surface area contributed by atoms with Crippen molar-refractivity contribution in [2.45, 2.75) is 5.33 Å². The molecule has 1 N–H and O–H groups in total. The fourth-order valence-electron chi connectivity index (χ4n) is 0.727. The van der Waals surface area contributed by atoms with E-state index in [0.29, 0.717) is 0 Å². The van der Waals surface area contributed by atoms with Gasteiger partial charge in [-0.15, -0.1) is 0 Å². The van der Waals surface area contributed by atoms with Crippen LogP contribution in [0.25, 0.3) is 0 Å². The predicted octanol–water partition coefficient (Wildman–Crippen LogP) is 2.57. The lowest BCUT2D eigenvalue weighted by Gasteiger charge is -2.00.